The molecule has 2 unspecified atom stereocenters. The lowest BCUT2D eigenvalue weighted by molar-refractivity contribution is -0.137. The molecule has 0 bridgehead atoms. The first-order valence-electron chi connectivity index (χ1n) is 6.18. The van der Waals surface area contributed by atoms with E-state index in [1.807, 2.05) is 0 Å². The van der Waals surface area contributed by atoms with Crippen molar-refractivity contribution in [1.29, 1.82) is 0 Å². The van der Waals surface area contributed by atoms with Gasteiger partial charge >= 0.3 is 5.97 Å². The van der Waals surface area contributed by atoms with Gasteiger partial charge in [-0.15, -0.1) is 11.8 Å². The fourth-order valence-electron chi connectivity index (χ4n) is 2.08. The molecule has 3 nitrogen and oxygen atoms in total. The monoisotopic (exact) mass is 245 g/mol. The number of hydrogen-bond donors (Lipinski definition) is 1. The minimum Gasteiger partial charge on any atom is -0.468 e. The Bertz CT molecular complexity index is 211. The summed E-state index contributed by atoms with van der Waals surface area (Å²) in [5, 5.41) is 4.20. The number of rotatable bonds is 6. The molecule has 1 saturated carbocycles. The van der Waals surface area contributed by atoms with Gasteiger partial charge in [0.1, 0.15) is 0 Å². The number of ether oxygens (including phenoxy) is 1. The van der Waals surface area contributed by atoms with Crippen LogP contribution < -0.4 is 5.32 Å². The first-order chi connectivity index (χ1) is 7.76. The maximum Gasteiger partial charge on any atom is 0.315 e. The van der Waals surface area contributed by atoms with Crippen molar-refractivity contribution in [2.45, 2.75) is 50.3 Å². The Morgan fingerprint density at radius 1 is 1.50 bits per heavy atom. The van der Waals surface area contributed by atoms with Gasteiger partial charge in [-0.1, -0.05) is 13.3 Å². The van der Waals surface area contributed by atoms with Gasteiger partial charge in [-0.2, -0.15) is 0 Å². The average Bonchev–Trinajstić information content (AvgIpc) is 2.34. The molecule has 0 heterocycles. The number of esters is 1. The molecule has 0 spiro atoms. The van der Waals surface area contributed by atoms with Gasteiger partial charge in [0.05, 0.1) is 12.9 Å². The highest BCUT2D eigenvalue weighted by Gasteiger charge is 2.22. The molecule has 0 aliphatic heterocycles. The van der Waals surface area contributed by atoms with Gasteiger partial charge in [-0.3, -0.25) is 4.79 Å². The molecule has 1 aliphatic carbocycles. The smallest absolute Gasteiger partial charge is 0.315 e. The van der Waals surface area contributed by atoms with Crippen molar-refractivity contribution in [2.75, 3.05) is 19.4 Å². The Morgan fingerprint density at radius 2 is 2.31 bits per heavy atom. The van der Waals surface area contributed by atoms with Gasteiger partial charge in [-0.25, -0.2) is 0 Å². The van der Waals surface area contributed by atoms with E-state index in [0.29, 0.717) is 17.0 Å². The van der Waals surface area contributed by atoms with Gasteiger partial charge in [-0.05, 0) is 32.2 Å². The van der Waals surface area contributed by atoms with Crippen LogP contribution in [-0.2, 0) is 9.53 Å². The highest BCUT2D eigenvalue weighted by atomic mass is 32.2. The van der Waals surface area contributed by atoms with E-state index in [1.165, 1.54) is 39.2 Å². The molecule has 1 fully saturated rings. The molecule has 0 aromatic heterocycles. The van der Waals surface area contributed by atoms with Crippen molar-refractivity contribution in [1.82, 2.24) is 5.32 Å². The lowest BCUT2D eigenvalue weighted by Crippen LogP contribution is -2.35. The molecule has 1 N–H and O–H groups in total. The number of carbonyl (C=O) groups is 1. The van der Waals surface area contributed by atoms with Crippen molar-refractivity contribution < 1.29 is 9.53 Å². The van der Waals surface area contributed by atoms with E-state index in [-0.39, 0.29) is 5.97 Å². The molecule has 1 rings (SSSR count). The molecule has 16 heavy (non-hydrogen) atoms. The fraction of sp³-hybridized carbons (Fsp3) is 0.917. The standard InChI is InChI=1S/C12H23NO2S/c1-3-7-13-10-5-4-6-11(8-10)16-9-12(14)15-2/h10-11,13H,3-9H2,1-2H3. The Hall–Kier alpha value is -0.220. The summed E-state index contributed by atoms with van der Waals surface area (Å²) in [6, 6.07) is 0.656. The van der Waals surface area contributed by atoms with Crippen LogP contribution in [0.5, 0.6) is 0 Å². The van der Waals surface area contributed by atoms with E-state index in [4.69, 9.17) is 0 Å². The number of thioether (sulfide) groups is 1. The molecule has 0 aromatic carbocycles. The molecule has 4 heteroatoms. The zero-order valence-electron chi connectivity index (χ0n) is 10.3. The van der Waals surface area contributed by atoms with E-state index in [1.54, 1.807) is 11.8 Å². The second-order valence-corrected chi connectivity index (χ2v) is 5.62. The van der Waals surface area contributed by atoms with Crippen LogP contribution in [0.3, 0.4) is 0 Å². The fourth-order valence-corrected chi connectivity index (χ4v) is 3.27. The molecule has 0 saturated heterocycles. The zero-order chi connectivity index (χ0) is 11.8. The van der Waals surface area contributed by atoms with Crippen molar-refractivity contribution in [3.63, 3.8) is 0 Å². The lowest BCUT2D eigenvalue weighted by atomic mass is 9.95. The number of hydrogen-bond acceptors (Lipinski definition) is 4. The van der Waals surface area contributed by atoms with Crippen LogP contribution in [0.2, 0.25) is 0 Å². The average molecular weight is 245 g/mol. The lowest BCUT2D eigenvalue weighted by Gasteiger charge is -2.29. The van der Waals surface area contributed by atoms with Gasteiger partial charge < -0.3 is 10.1 Å². The van der Waals surface area contributed by atoms with Crippen molar-refractivity contribution in [3.05, 3.63) is 0 Å². The molecule has 0 amide bonds. The van der Waals surface area contributed by atoms with Crippen LogP contribution in [0, 0.1) is 0 Å². The number of carbonyl (C=O) groups excluding carboxylic acids is 1. The molecular weight excluding hydrogens is 222 g/mol. The predicted molar refractivity (Wildman–Crippen MR) is 68.8 cm³/mol. The molecule has 2 atom stereocenters. The van der Waals surface area contributed by atoms with E-state index in [9.17, 15) is 4.79 Å². The van der Waals surface area contributed by atoms with Crippen LogP contribution in [-0.4, -0.2) is 36.7 Å². The maximum absolute atomic E-state index is 11.0. The van der Waals surface area contributed by atoms with E-state index >= 15 is 0 Å². The predicted octanol–water partition coefficient (Wildman–Crippen LogP) is 2.20. The van der Waals surface area contributed by atoms with Gasteiger partial charge in [0.15, 0.2) is 0 Å². The number of nitrogens with one attached hydrogen (secondary N) is 1. The minimum atomic E-state index is -0.103. The molecule has 0 radical (unpaired) electrons. The first kappa shape index (κ1) is 13.8. The molecule has 1 aliphatic rings. The summed E-state index contributed by atoms with van der Waals surface area (Å²) in [7, 11) is 1.45. The Balaban J connectivity index is 2.19. The summed E-state index contributed by atoms with van der Waals surface area (Å²) in [6.45, 7) is 3.30. The highest BCUT2D eigenvalue weighted by molar-refractivity contribution is 8.00. The first-order valence-corrected chi connectivity index (χ1v) is 7.23. The molecule has 0 aromatic rings. The topological polar surface area (TPSA) is 38.3 Å². The van der Waals surface area contributed by atoms with Crippen molar-refractivity contribution in [3.8, 4) is 0 Å². The summed E-state index contributed by atoms with van der Waals surface area (Å²) in [5.74, 6) is 0.399. The Labute approximate surface area is 103 Å². The largest absolute Gasteiger partial charge is 0.468 e. The van der Waals surface area contributed by atoms with Crippen molar-refractivity contribution in [2.24, 2.45) is 0 Å². The van der Waals surface area contributed by atoms with E-state index in [2.05, 4.69) is 17.0 Å². The third-order valence-electron chi connectivity index (χ3n) is 2.97. The van der Waals surface area contributed by atoms with E-state index in [0.717, 1.165) is 6.54 Å². The normalized spacial score (nSPS) is 25.4. The Kier molecular flexibility index (Phi) is 6.88. The number of methoxy groups -OCH3 is 1. The maximum atomic E-state index is 11.0. The van der Waals surface area contributed by atoms with E-state index < -0.39 is 0 Å². The summed E-state index contributed by atoms with van der Waals surface area (Å²) >= 11 is 1.75. The van der Waals surface area contributed by atoms with Crippen LogP contribution in [0.4, 0.5) is 0 Å². The SMILES string of the molecule is CCCNC1CCCC(SCC(=O)OC)C1. The van der Waals surface area contributed by atoms with Crippen LogP contribution in [0.25, 0.3) is 0 Å². The second-order valence-electron chi connectivity index (χ2n) is 4.33. The third-order valence-corrected chi connectivity index (χ3v) is 4.28. The summed E-state index contributed by atoms with van der Waals surface area (Å²) in [5.41, 5.74) is 0. The quantitative estimate of drug-likeness (QED) is 0.728. The van der Waals surface area contributed by atoms with Crippen LogP contribution >= 0.6 is 11.8 Å². The molecular formula is C12H23NO2S. The summed E-state index contributed by atoms with van der Waals surface area (Å²) < 4.78 is 4.66. The summed E-state index contributed by atoms with van der Waals surface area (Å²) in [6.07, 6.45) is 6.19. The van der Waals surface area contributed by atoms with Crippen molar-refractivity contribution >= 4 is 17.7 Å². The third kappa shape index (κ3) is 5.21. The van der Waals surface area contributed by atoms with Gasteiger partial charge in [0, 0.05) is 11.3 Å². The highest BCUT2D eigenvalue weighted by Crippen LogP contribution is 2.28. The minimum absolute atomic E-state index is 0.103. The van der Waals surface area contributed by atoms with Crippen LogP contribution in [0.15, 0.2) is 0 Å². The molecule has 94 valence electrons. The zero-order valence-corrected chi connectivity index (χ0v) is 11.1. The van der Waals surface area contributed by atoms with Gasteiger partial charge in [0.2, 0.25) is 0 Å². The summed E-state index contributed by atoms with van der Waals surface area (Å²) in [4.78, 5) is 11.0. The van der Waals surface area contributed by atoms with Crippen LogP contribution in [0.1, 0.15) is 39.0 Å². The Morgan fingerprint density at radius 3 is 3.00 bits per heavy atom. The second kappa shape index (κ2) is 7.96. The van der Waals surface area contributed by atoms with Gasteiger partial charge in [0.25, 0.3) is 0 Å².